The number of rotatable bonds is 2. The van der Waals surface area contributed by atoms with Gasteiger partial charge in [-0.05, 0) is 43.0 Å². The molecule has 2 fully saturated rings. The lowest BCUT2D eigenvalue weighted by Crippen LogP contribution is -2.50. The van der Waals surface area contributed by atoms with Crippen LogP contribution in [0.15, 0.2) is 54.6 Å². The molecule has 4 nitrogen and oxygen atoms in total. The molecule has 0 radical (unpaired) electrons. The number of amides is 1. The summed E-state index contributed by atoms with van der Waals surface area (Å²) in [5.74, 6) is 0.498. The van der Waals surface area contributed by atoms with Gasteiger partial charge in [-0.1, -0.05) is 36.4 Å². The van der Waals surface area contributed by atoms with Crippen molar-refractivity contribution in [3.05, 3.63) is 65.7 Å². The third-order valence-corrected chi connectivity index (χ3v) is 5.40. The third kappa shape index (κ3) is 3.27. The van der Waals surface area contributed by atoms with Gasteiger partial charge in [0, 0.05) is 24.6 Å². The second-order valence-electron chi connectivity index (χ2n) is 7.19. The predicted octanol–water partition coefficient (Wildman–Crippen LogP) is 3.57. The average Bonchev–Trinajstić information content (AvgIpc) is 3.05. The van der Waals surface area contributed by atoms with E-state index in [1.54, 1.807) is 18.2 Å². The van der Waals surface area contributed by atoms with E-state index in [2.05, 4.69) is 24.3 Å². The molecule has 2 aliphatic heterocycles. The number of likely N-dealkylation sites (tertiary alicyclic amines) is 1. The highest BCUT2D eigenvalue weighted by molar-refractivity contribution is 5.94. The van der Waals surface area contributed by atoms with Crippen molar-refractivity contribution in [2.75, 3.05) is 19.7 Å². The molecule has 4 rings (SSSR count). The van der Waals surface area contributed by atoms with Crippen molar-refractivity contribution >= 4 is 5.91 Å². The average molecular weight is 337 g/mol. The van der Waals surface area contributed by atoms with E-state index in [0.717, 1.165) is 32.4 Å². The van der Waals surface area contributed by atoms with Gasteiger partial charge in [0.1, 0.15) is 5.75 Å². The van der Waals surface area contributed by atoms with Crippen molar-refractivity contribution in [1.29, 1.82) is 0 Å². The molecule has 130 valence electrons. The van der Waals surface area contributed by atoms with Crippen LogP contribution >= 0.6 is 0 Å². The molecule has 1 N–H and O–H groups in total. The summed E-state index contributed by atoms with van der Waals surface area (Å²) in [4.78, 5) is 14.7. The maximum absolute atomic E-state index is 12.8. The second kappa shape index (κ2) is 6.52. The fraction of sp³-hybridized carbons (Fsp3) is 0.381. The van der Waals surface area contributed by atoms with E-state index >= 15 is 0 Å². The topological polar surface area (TPSA) is 49.8 Å². The molecule has 2 atom stereocenters. The molecule has 25 heavy (non-hydrogen) atoms. The summed E-state index contributed by atoms with van der Waals surface area (Å²) < 4.78 is 6.25. The number of carbonyl (C=O) groups is 1. The lowest BCUT2D eigenvalue weighted by atomic mass is 9.84. The molecule has 2 aromatic carbocycles. The first kappa shape index (κ1) is 16.2. The fourth-order valence-electron chi connectivity index (χ4n) is 4.16. The van der Waals surface area contributed by atoms with E-state index in [4.69, 9.17) is 4.74 Å². The highest BCUT2D eigenvalue weighted by Gasteiger charge is 2.44. The number of hydrogen-bond donors (Lipinski definition) is 1. The number of nitrogens with zero attached hydrogens (tertiary/aromatic N) is 1. The maximum atomic E-state index is 12.8. The van der Waals surface area contributed by atoms with E-state index in [1.807, 2.05) is 11.0 Å². The summed E-state index contributed by atoms with van der Waals surface area (Å²) in [6.45, 7) is 2.10. The molecule has 0 saturated carbocycles. The van der Waals surface area contributed by atoms with Gasteiger partial charge in [0.05, 0.1) is 12.2 Å². The summed E-state index contributed by atoms with van der Waals surface area (Å²) in [5, 5.41) is 9.63. The Morgan fingerprint density at radius 1 is 1.16 bits per heavy atom. The molecule has 2 aliphatic rings. The minimum Gasteiger partial charge on any atom is -0.508 e. The van der Waals surface area contributed by atoms with E-state index in [9.17, 15) is 9.90 Å². The molecule has 2 aromatic rings. The molecule has 4 heteroatoms. The Morgan fingerprint density at radius 2 is 2.00 bits per heavy atom. The number of carbonyl (C=O) groups excluding carboxylic acids is 1. The zero-order valence-electron chi connectivity index (χ0n) is 14.2. The van der Waals surface area contributed by atoms with Crippen molar-refractivity contribution in [1.82, 2.24) is 4.90 Å². The molecule has 0 unspecified atom stereocenters. The zero-order valence-corrected chi connectivity index (χ0v) is 14.2. The molecule has 2 heterocycles. The van der Waals surface area contributed by atoms with Crippen molar-refractivity contribution < 1.29 is 14.6 Å². The fourth-order valence-corrected chi connectivity index (χ4v) is 4.16. The van der Waals surface area contributed by atoms with Gasteiger partial charge in [0.2, 0.25) is 0 Å². The molecule has 0 aliphatic carbocycles. The Kier molecular flexibility index (Phi) is 4.22. The van der Waals surface area contributed by atoms with Crippen LogP contribution in [0.3, 0.4) is 0 Å². The number of phenolic OH excluding ortho intramolecular Hbond substituents is 1. The first-order chi connectivity index (χ1) is 12.2. The quantitative estimate of drug-likeness (QED) is 0.911. The van der Waals surface area contributed by atoms with E-state index in [0.29, 0.717) is 18.0 Å². The van der Waals surface area contributed by atoms with Gasteiger partial charge in [-0.3, -0.25) is 4.79 Å². The third-order valence-electron chi connectivity index (χ3n) is 5.40. The summed E-state index contributed by atoms with van der Waals surface area (Å²) in [7, 11) is 0. The van der Waals surface area contributed by atoms with Gasteiger partial charge < -0.3 is 14.7 Å². The van der Waals surface area contributed by atoms with Gasteiger partial charge >= 0.3 is 0 Å². The van der Waals surface area contributed by atoms with Gasteiger partial charge in [0.15, 0.2) is 0 Å². The first-order valence-electron chi connectivity index (χ1n) is 8.92. The Morgan fingerprint density at radius 3 is 2.80 bits per heavy atom. The molecular formula is C21H23NO3. The normalized spacial score (nSPS) is 26.1. The van der Waals surface area contributed by atoms with E-state index in [1.165, 1.54) is 11.6 Å². The van der Waals surface area contributed by atoms with Gasteiger partial charge in [-0.2, -0.15) is 0 Å². The van der Waals surface area contributed by atoms with E-state index < -0.39 is 0 Å². The molecule has 1 spiro atoms. The van der Waals surface area contributed by atoms with Gasteiger partial charge in [-0.15, -0.1) is 0 Å². The molecule has 2 saturated heterocycles. The standard InChI is InChI=1S/C21H23NO3/c23-19-9-4-8-17(12-19)20(24)22-11-5-10-21(15-22)13-18(14-25-21)16-6-2-1-3-7-16/h1-4,6-9,12,18,23H,5,10-11,13-15H2/t18-,21-/m1/s1. The van der Waals surface area contributed by atoms with Gasteiger partial charge in [0.25, 0.3) is 5.91 Å². The SMILES string of the molecule is O=C(c1cccc(O)c1)N1CCC[C@@]2(C[C@@H](c3ccccc3)CO2)C1. The number of hydrogen-bond acceptors (Lipinski definition) is 3. The van der Waals surface area contributed by atoms with Crippen LogP contribution in [0.4, 0.5) is 0 Å². The summed E-state index contributed by atoms with van der Waals surface area (Å²) in [6, 6.07) is 17.1. The van der Waals surface area contributed by atoms with Crippen LogP contribution in [-0.2, 0) is 4.74 Å². The molecular weight excluding hydrogens is 314 g/mol. The predicted molar refractivity (Wildman–Crippen MR) is 95.7 cm³/mol. The molecule has 1 amide bonds. The Bertz CT molecular complexity index is 761. The summed E-state index contributed by atoms with van der Waals surface area (Å²) in [5.41, 5.74) is 1.62. The van der Waals surface area contributed by atoms with Crippen LogP contribution < -0.4 is 0 Å². The van der Waals surface area contributed by atoms with Crippen LogP contribution in [0.25, 0.3) is 0 Å². The summed E-state index contributed by atoms with van der Waals surface area (Å²) in [6.07, 6.45) is 2.91. The van der Waals surface area contributed by atoms with Crippen molar-refractivity contribution in [3.63, 3.8) is 0 Å². The van der Waals surface area contributed by atoms with Gasteiger partial charge in [-0.25, -0.2) is 0 Å². The lowest BCUT2D eigenvalue weighted by molar-refractivity contribution is -0.0447. The van der Waals surface area contributed by atoms with Crippen LogP contribution in [-0.4, -0.2) is 41.2 Å². The van der Waals surface area contributed by atoms with Crippen LogP contribution in [0.5, 0.6) is 5.75 Å². The Labute approximate surface area is 148 Å². The van der Waals surface area contributed by atoms with Crippen molar-refractivity contribution in [3.8, 4) is 5.75 Å². The van der Waals surface area contributed by atoms with Crippen LogP contribution in [0, 0.1) is 0 Å². The zero-order chi connectivity index (χ0) is 17.3. The van der Waals surface area contributed by atoms with Crippen LogP contribution in [0.2, 0.25) is 0 Å². The highest BCUT2D eigenvalue weighted by Crippen LogP contribution is 2.41. The number of phenols is 1. The maximum Gasteiger partial charge on any atom is 0.254 e. The number of benzene rings is 2. The van der Waals surface area contributed by atoms with E-state index in [-0.39, 0.29) is 17.3 Å². The van der Waals surface area contributed by atoms with Crippen molar-refractivity contribution in [2.45, 2.75) is 30.8 Å². The minimum absolute atomic E-state index is 0.0262. The molecule has 0 aromatic heterocycles. The smallest absolute Gasteiger partial charge is 0.254 e. The molecule has 0 bridgehead atoms. The first-order valence-corrected chi connectivity index (χ1v) is 8.92. The lowest BCUT2D eigenvalue weighted by Gasteiger charge is -2.40. The summed E-state index contributed by atoms with van der Waals surface area (Å²) >= 11 is 0. The highest BCUT2D eigenvalue weighted by atomic mass is 16.5. The number of piperidine rings is 1. The Balaban J connectivity index is 1.49. The number of ether oxygens (including phenoxy) is 1. The minimum atomic E-state index is -0.231. The number of aromatic hydroxyl groups is 1. The monoisotopic (exact) mass is 337 g/mol. The Hall–Kier alpha value is -2.33. The van der Waals surface area contributed by atoms with Crippen molar-refractivity contribution in [2.24, 2.45) is 0 Å². The second-order valence-corrected chi connectivity index (χ2v) is 7.19. The largest absolute Gasteiger partial charge is 0.508 e. The van der Waals surface area contributed by atoms with Crippen LogP contribution in [0.1, 0.15) is 41.1 Å².